The first kappa shape index (κ1) is 21.5. The zero-order valence-corrected chi connectivity index (χ0v) is 18.5. The number of carbonyl (C=O) groups is 1. The highest BCUT2D eigenvalue weighted by molar-refractivity contribution is 5.96. The van der Waals surface area contributed by atoms with Crippen LogP contribution in [0.25, 0.3) is 0 Å². The van der Waals surface area contributed by atoms with Crippen molar-refractivity contribution < 1.29 is 9.53 Å². The molecule has 8 heteroatoms. The molecule has 0 saturated carbocycles. The van der Waals surface area contributed by atoms with Crippen molar-refractivity contribution in [2.75, 3.05) is 49.6 Å². The number of nitrogens with zero attached hydrogens (tertiary/aromatic N) is 5. The molecular formula is C24H28N6O2. The van der Waals surface area contributed by atoms with Crippen molar-refractivity contribution in [3.63, 3.8) is 0 Å². The summed E-state index contributed by atoms with van der Waals surface area (Å²) in [5, 5.41) is 2.89. The van der Waals surface area contributed by atoms with Crippen molar-refractivity contribution in [2.24, 2.45) is 0 Å². The number of hydrogen-bond donors (Lipinski definition) is 1. The van der Waals surface area contributed by atoms with E-state index in [1.165, 1.54) is 18.4 Å². The van der Waals surface area contributed by atoms with Crippen LogP contribution in [0.2, 0.25) is 0 Å². The molecule has 1 amide bonds. The van der Waals surface area contributed by atoms with E-state index in [0.717, 1.165) is 31.9 Å². The highest BCUT2D eigenvalue weighted by atomic mass is 16.5. The lowest BCUT2D eigenvalue weighted by Gasteiger charge is -2.36. The van der Waals surface area contributed by atoms with Gasteiger partial charge in [0.05, 0.1) is 7.11 Å². The first-order chi connectivity index (χ1) is 15.7. The van der Waals surface area contributed by atoms with Crippen LogP contribution in [-0.4, -0.2) is 60.7 Å². The molecule has 0 unspecified atom stereocenters. The number of benzene rings is 1. The molecule has 1 aliphatic heterocycles. The lowest BCUT2D eigenvalue weighted by molar-refractivity contribution is 0.0950. The molecule has 166 valence electrons. The van der Waals surface area contributed by atoms with Crippen molar-refractivity contribution in [3.05, 3.63) is 71.7 Å². The predicted molar refractivity (Wildman–Crippen MR) is 124 cm³/mol. The van der Waals surface area contributed by atoms with Gasteiger partial charge in [-0.05, 0) is 30.7 Å². The molecule has 4 rings (SSSR count). The van der Waals surface area contributed by atoms with Crippen LogP contribution in [0, 0.1) is 6.92 Å². The summed E-state index contributed by atoms with van der Waals surface area (Å²) in [6.07, 6.45) is 3.94. The Labute approximate surface area is 188 Å². The van der Waals surface area contributed by atoms with Crippen molar-refractivity contribution in [1.29, 1.82) is 0 Å². The second-order valence-electron chi connectivity index (χ2n) is 7.68. The van der Waals surface area contributed by atoms with E-state index in [1.807, 2.05) is 18.2 Å². The van der Waals surface area contributed by atoms with Crippen LogP contribution in [0.1, 0.15) is 21.6 Å². The summed E-state index contributed by atoms with van der Waals surface area (Å²) in [6.45, 7) is 5.97. The Morgan fingerprint density at radius 2 is 1.78 bits per heavy atom. The lowest BCUT2D eigenvalue weighted by atomic mass is 10.1. The van der Waals surface area contributed by atoms with E-state index >= 15 is 0 Å². The molecule has 1 N–H and O–H groups in total. The summed E-state index contributed by atoms with van der Waals surface area (Å²) in [6, 6.07) is 14.2. The Hall–Kier alpha value is -3.68. The Balaban J connectivity index is 1.37. The molecule has 3 aromatic rings. The number of pyridine rings is 1. The third-order valence-corrected chi connectivity index (χ3v) is 5.59. The molecule has 2 aromatic heterocycles. The maximum absolute atomic E-state index is 12.6. The van der Waals surface area contributed by atoms with Crippen molar-refractivity contribution in [2.45, 2.75) is 13.3 Å². The zero-order valence-electron chi connectivity index (χ0n) is 18.5. The molecule has 3 heterocycles. The van der Waals surface area contributed by atoms with Crippen LogP contribution in [0.15, 0.2) is 54.9 Å². The fourth-order valence-corrected chi connectivity index (χ4v) is 3.83. The highest BCUT2D eigenvalue weighted by Crippen LogP contribution is 2.23. The number of anilines is 2. The van der Waals surface area contributed by atoms with Crippen LogP contribution >= 0.6 is 0 Å². The number of carbonyl (C=O) groups excluding carboxylic acids is 1. The number of methoxy groups -OCH3 is 1. The standard InChI is InChI=1S/C24H28N6O2/c1-18-7-3-4-9-21(18)29-13-15-30(16-14-29)24-27-17-20(23(28-24)32-2)22(31)26-12-10-19-8-5-6-11-25-19/h3-9,11,17H,10,12-16H2,1-2H3,(H,26,31). The van der Waals surface area contributed by atoms with Gasteiger partial charge in [0, 0.05) is 62.9 Å². The third-order valence-electron chi connectivity index (χ3n) is 5.59. The topological polar surface area (TPSA) is 83.5 Å². The van der Waals surface area contributed by atoms with Gasteiger partial charge in [-0.3, -0.25) is 9.78 Å². The van der Waals surface area contributed by atoms with Gasteiger partial charge in [0.15, 0.2) is 0 Å². The van der Waals surface area contributed by atoms with Gasteiger partial charge in [0.2, 0.25) is 11.8 Å². The number of piperazine rings is 1. The summed E-state index contributed by atoms with van der Waals surface area (Å²) >= 11 is 0. The van der Waals surface area contributed by atoms with E-state index in [2.05, 4.69) is 61.3 Å². The minimum atomic E-state index is -0.256. The molecule has 32 heavy (non-hydrogen) atoms. The van der Waals surface area contributed by atoms with Gasteiger partial charge in [-0.25, -0.2) is 4.98 Å². The summed E-state index contributed by atoms with van der Waals surface area (Å²) in [5.74, 6) is 0.608. The van der Waals surface area contributed by atoms with E-state index in [0.29, 0.717) is 24.5 Å². The number of amides is 1. The van der Waals surface area contributed by atoms with Crippen LogP contribution in [-0.2, 0) is 6.42 Å². The Morgan fingerprint density at radius 1 is 1.03 bits per heavy atom. The number of nitrogens with one attached hydrogen (secondary N) is 1. The third kappa shape index (κ3) is 4.96. The summed E-state index contributed by atoms with van der Waals surface area (Å²) in [4.78, 5) is 30.4. The normalized spacial score (nSPS) is 13.7. The molecule has 0 atom stereocenters. The average molecular weight is 433 g/mol. The van der Waals surface area contributed by atoms with E-state index in [9.17, 15) is 4.79 Å². The molecule has 1 fully saturated rings. The lowest BCUT2D eigenvalue weighted by Crippen LogP contribution is -2.47. The van der Waals surface area contributed by atoms with Gasteiger partial charge in [-0.1, -0.05) is 24.3 Å². The van der Waals surface area contributed by atoms with Gasteiger partial charge in [0.25, 0.3) is 5.91 Å². The molecule has 0 bridgehead atoms. The molecule has 1 aliphatic rings. The zero-order chi connectivity index (χ0) is 22.3. The Kier molecular flexibility index (Phi) is 6.79. The number of para-hydroxylation sites is 1. The van der Waals surface area contributed by atoms with E-state index in [1.54, 1.807) is 12.4 Å². The molecule has 0 spiro atoms. The van der Waals surface area contributed by atoms with Crippen molar-refractivity contribution in [1.82, 2.24) is 20.3 Å². The second kappa shape index (κ2) is 10.1. The summed E-state index contributed by atoms with van der Waals surface area (Å²) < 4.78 is 5.41. The number of rotatable bonds is 7. The number of aromatic nitrogens is 3. The fourth-order valence-electron chi connectivity index (χ4n) is 3.83. The molecular weight excluding hydrogens is 404 g/mol. The smallest absolute Gasteiger partial charge is 0.258 e. The van der Waals surface area contributed by atoms with Crippen LogP contribution < -0.4 is 19.9 Å². The SMILES string of the molecule is COc1nc(N2CCN(c3ccccc3C)CC2)ncc1C(=O)NCCc1ccccn1. The molecule has 8 nitrogen and oxygen atoms in total. The fraction of sp³-hybridized carbons (Fsp3) is 0.333. The highest BCUT2D eigenvalue weighted by Gasteiger charge is 2.22. The Morgan fingerprint density at radius 3 is 2.50 bits per heavy atom. The maximum Gasteiger partial charge on any atom is 0.258 e. The van der Waals surface area contributed by atoms with Gasteiger partial charge in [0.1, 0.15) is 5.56 Å². The van der Waals surface area contributed by atoms with Gasteiger partial charge in [-0.15, -0.1) is 0 Å². The quantitative estimate of drug-likeness (QED) is 0.614. The van der Waals surface area contributed by atoms with Gasteiger partial charge in [-0.2, -0.15) is 4.98 Å². The van der Waals surface area contributed by atoms with Crippen LogP contribution in [0.3, 0.4) is 0 Å². The molecule has 0 radical (unpaired) electrons. The Bertz CT molecular complexity index is 1050. The summed E-state index contributed by atoms with van der Waals surface area (Å²) in [5.41, 5.74) is 3.80. The largest absolute Gasteiger partial charge is 0.480 e. The van der Waals surface area contributed by atoms with E-state index < -0.39 is 0 Å². The second-order valence-corrected chi connectivity index (χ2v) is 7.68. The number of ether oxygens (including phenoxy) is 1. The minimum Gasteiger partial charge on any atom is -0.480 e. The predicted octanol–water partition coefficient (Wildman–Crippen LogP) is 2.49. The van der Waals surface area contributed by atoms with E-state index in [4.69, 9.17) is 4.74 Å². The van der Waals surface area contributed by atoms with E-state index in [-0.39, 0.29) is 11.8 Å². The van der Waals surface area contributed by atoms with Gasteiger partial charge < -0.3 is 19.9 Å². The minimum absolute atomic E-state index is 0.256. The van der Waals surface area contributed by atoms with Gasteiger partial charge >= 0.3 is 0 Å². The summed E-state index contributed by atoms with van der Waals surface area (Å²) in [7, 11) is 1.52. The number of hydrogen-bond acceptors (Lipinski definition) is 7. The molecule has 0 aliphatic carbocycles. The molecule has 1 saturated heterocycles. The average Bonchev–Trinajstić information content (AvgIpc) is 2.84. The first-order valence-electron chi connectivity index (χ1n) is 10.8. The van der Waals surface area contributed by atoms with Crippen molar-refractivity contribution in [3.8, 4) is 5.88 Å². The maximum atomic E-state index is 12.6. The number of aryl methyl sites for hydroxylation is 1. The van der Waals surface area contributed by atoms with Crippen LogP contribution in [0.5, 0.6) is 5.88 Å². The van der Waals surface area contributed by atoms with Crippen LogP contribution in [0.4, 0.5) is 11.6 Å². The van der Waals surface area contributed by atoms with Crippen molar-refractivity contribution >= 4 is 17.5 Å². The first-order valence-corrected chi connectivity index (χ1v) is 10.8. The monoisotopic (exact) mass is 432 g/mol. The molecule has 1 aromatic carbocycles.